The molecule has 0 fully saturated rings. The van der Waals surface area contributed by atoms with Gasteiger partial charge >= 0.3 is 5.69 Å². The van der Waals surface area contributed by atoms with Gasteiger partial charge in [0.1, 0.15) is 6.33 Å². The van der Waals surface area contributed by atoms with E-state index in [1.807, 2.05) is 42.5 Å². The van der Waals surface area contributed by atoms with Gasteiger partial charge in [0.2, 0.25) is 0 Å². The fourth-order valence-corrected chi connectivity index (χ4v) is 4.17. The maximum Gasteiger partial charge on any atom is 0.350 e. The monoisotopic (exact) mass is 514 g/mol. The number of rotatable bonds is 7. The van der Waals surface area contributed by atoms with Gasteiger partial charge in [0.15, 0.2) is 9.84 Å². The van der Waals surface area contributed by atoms with Gasteiger partial charge < -0.3 is 5.73 Å². The van der Waals surface area contributed by atoms with Crippen molar-refractivity contribution in [2.75, 3.05) is 12.8 Å². The molecule has 4 rings (SSSR count). The summed E-state index contributed by atoms with van der Waals surface area (Å²) in [4.78, 5) is 13.0. The lowest BCUT2D eigenvalue weighted by atomic mass is 10.00. The molecule has 0 aliphatic heterocycles. The third-order valence-corrected chi connectivity index (χ3v) is 6.59. The Balaban J connectivity index is 0.00000342. The van der Waals surface area contributed by atoms with Gasteiger partial charge in [0.05, 0.1) is 23.5 Å². The van der Waals surface area contributed by atoms with Gasteiger partial charge in [-0.1, -0.05) is 48.5 Å². The van der Waals surface area contributed by atoms with E-state index in [2.05, 4.69) is 5.10 Å². The fraction of sp³-hybridized carbons (Fsp3) is 0.120. The second-order valence-electron chi connectivity index (χ2n) is 7.84. The van der Waals surface area contributed by atoms with Gasteiger partial charge in [-0.05, 0) is 52.1 Å². The van der Waals surface area contributed by atoms with Crippen molar-refractivity contribution in [2.24, 2.45) is 5.73 Å². The molecule has 3 aromatic carbocycles. The Morgan fingerprint density at radius 2 is 1.54 bits per heavy atom. The Morgan fingerprint density at radius 1 is 0.971 bits per heavy atom. The van der Waals surface area contributed by atoms with Gasteiger partial charge in [-0.3, -0.25) is 0 Å². The van der Waals surface area contributed by atoms with E-state index in [0.717, 1.165) is 26.9 Å². The van der Waals surface area contributed by atoms with Crippen LogP contribution in [0.3, 0.4) is 0 Å². The van der Waals surface area contributed by atoms with Crippen molar-refractivity contribution < 1.29 is 12.8 Å². The second kappa shape index (κ2) is 10.8. The highest BCUT2D eigenvalue weighted by Gasteiger charge is 2.10. The molecule has 0 saturated carbocycles. The predicted molar refractivity (Wildman–Crippen MR) is 137 cm³/mol. The minimum atomic E-state index is -3.24. The van der Waals surface area contributed by atoms with Crippen LogP contribution in [0.2, 0.25) is 0 Å². The van der Waals surface area contributed by atoms with E-state index in [9.17, 15) is 17.6 Å². The van der Waals surface area contributed by atoms with Crippen LogP contribution in [-0.4, -0.2) is 35.6 Å². The van der Waals surface area contributed by atoms with Gasteiger partial charge in [-0.15, -0.1) is 12.4 Å². The molecule has 1 heterocycles. The summed E-state index contributed by atoms with van der Waals surface area (Å²) < 4.78 is 38.7. The number of halogens is 2. The first-order chi connectivity index (χ1) is 16.3. The predicted octanol–water partition coefficient (Wildman–Crippen LogP) is 4.01. The van der Waals surface area contributed by atoms with Crippen LogP contribution >= 0.6 is 12.4 Å². The SMILES string of the molecule is CS(=O)(=O)c1ccc(-c2ccc(-c3cccc(-n4cnn(C/C(=C/F)CN)c4=O)c3)cc2)cc1.Cl. The van der Waals surface area contributed by atoms with E-state index in [1.54, 1.807) is 30.3 Å². The first kappa shape index (κ1) is 26.1. The molecule has 0 radical (unpaired) electrons. The zero-order chi connectivity index (χ0) is 24.3. The van der Waals surface area contributed by atoms with Crippen molar-refractivity contribution in [3.8, 4) is 27.9 Å². The standard InChI is InChI=1S/C25H23FN4O3S.ClH/c1-34(32,33)24-11-9-20(10-12-24)19-5-7-21(8-6-19)22-3-2-4-23(13-22)29-17-28-30(25(29)31)16-18(14-26)15-27;/h2-14,17H,15-16,27H2,1H3;1H/b18-14+;. The molecule has 10 heteroatoms. The van der Waals surface area contributed by atoms with Crippen molar-refractivity contribution in [3.05, 3.63) is 102 Å². The maximum absolute atomic E-state index is 12.8. The zero-order valence-corrected chi connectivity index (χ0v) is 20.5. The molecule has 0 saturated heterocycles. The lowest BCUT2D eigenvalue weighted by Crippen LogP contribution is -2.25. The first-order valence-electron chi connectivity index (χ1n) is 10.4. The van der Waals surface area contributed by atoms with E-state index in [0.29, 0.717) is 12.0 Å². The molecular weight excluding hydrogens is 491 g/mol. The molecule has 2 N–H and O–H groups in total. The molecule has 1 aromatic heterocycles. The smallest absolute Gasteiger partial charge is 0.327 e. The molecular formula is C25H24ClFN4O3S. The number of nitrogens with two attached hydrogens (primary N) is 1. The molecule has 4 aromatic rings. The van der Waals surface area contributed by atoms with Crippen LogP contribution in [0, 0.1) is 0 Å². The third kappa shape index (κ3) is 5.76. The van der Waals surface area contributed by atoms with Crippen molar-refractivity contribution in [3.63, 3.8) is 0 Å². The first-order valence-corrected chi connectivity index (χ1v) is 12.3. The summed E-state index contributed by atoms with van der Waals surface area (Å²) in [5.41, 5.74) is 9.70. The van der Waals surface area contributed by atoms with E-state index < -0.39 is 15.5 Å². The topological polar surface area (TPSA) is 100.0 Å². The summed E-state index contributed by atoms with van der Waals surface area (Å²) in [5.74, 6) is 0. The van der Waals surface area contributed by atoms with Crippen LogP contribution in [0.25, 0.3) is 27.9 Å². The van der Waals surface area contributed by atoms with Crippen LogP contribution in [-0.2, 0) is 16.4 Å². The normalized spacial score (nSPS) is 11.8. The average Bonchev–Trinajstić information content (AvgIpc) is 3.22. The fourth-order valence-electron chi connectivity index (χ4n) is 3.54. The highest BCUT2D eigenvalue weighted by Crippen LogP contribution is 2.27. The van der Waals surface area contributed by atoms with Crippen LogP contribution in [0.5, 0.6) is 0 Å². The van der Waals surface area contributed by atoms with Gasteiger partial charge in [-0.25, -0.2) is 26.9 Å². The lowest BCUT2D eigenvalue weighted by molar-refractivity contribution is 0.602. The van der Waals surface area contributed by atoms with Crippen molar-refractivity contribution >= 4 is 22.2 Å². The Kier molecular flexibility index (Phi) is 8.06. The van der Waals surface area contributed by atoms with Crippen molar-refractivity contribution in [2.45, 2.75) is 11.4 Å². The Labute approximate surface area is 208 Å². The molecule has 182 valence electrons. The second-order valence-corrected chi connectivity index (χ2v) is 9.85. The summed E-state index contributed by atoms with van der Waals surface area (Å²) in [6.45, 7) is -0.00567. The lowest BCUT2D eigenvalue weighted by Gasteiger charge is -2.08. The highest BCUT2D eigenvalue weighted by molar-refractivity contribution is 7.90. The Hall–Kier alpha value is -3.53. The zero-order valence-electron chi connectivity index (χ0n) is 18.8. The molecule has 0 amide bonds. The average molecular weight is 515 g/mol. The summed E-state index contributed by atoms with van der Waals surface area (Å²) in [6.07, 6.45) is 2.98. The molecule has 0 spiro atoms. The van der Waals surface area contributed by atoms with Gasteiger partial charge in [0.25, 0.3) is 0 Å². The Morgan fingerprint density at radius 3 is 2.09 bits per heavy atom. The van der Waals surface area contributed by atoms with Gasteiger partial charge in [0, 0.05) is 12.8 Å². The van der Waals surface area contributed by atoms with Crippen molar-refractivity contribution in [1.29, 1.82) is 0 Å². The van der Waals surface area contributed by atoms with E-state index in [-0.39, 0.29) is 36.0 Å². The summed E-state index contributed by atoms with van der Waals surface area (Å²) in [5, 5.41) is 4.06. The molecule has 7 nitrogen and oxygen atoms in total. The summed E-state index contributed by atoms with van der Waals surface area (Å²) in [7, 11) is -3.24. The summed E-state index contributed by atoms with van der Waals surface area (Å²) in [6, 6.07) is 22.1. The Bertz CT molecular complexity index is 1510. The molecule has 0 unspecified atom stereocenters. The third-order valence-electron chi connectivity index (χ3n) is 5.46. The molecule has 0 aliphatic rings. The molecule has 0 bridgehead atoms. The quantitative estimate of drug-likeness (QED) is 0.402. The molecule has 35 heavy (non-hydrogen) atoms. The van der Waals surface area contributed by atoms with Crippen LogP contribution in [0.4, 0.5) is 4.39 Å². The summed E-state index contributed by atoms with van der Waals surface area (Å²) >= 11 is 0. The number of hydrogen-bond donors (Lipinski definition) is 1. The number of benzene rings is 3. The van der Waals surface area contributed by atoms with E-state index >= 15 is 0 Å². The van der Waals surface area contributed by atoms with Crippen LogP contribution in [0.1, 0.15) is 0 Å². The van der Waals surface area contributed by atoms with E-state index in [1.165, 1.54) is 17.2 Å². The van der Waals surface area contributed by atoms with Gasteiger partial charge in [-0.2, -0.15) is 5.10 Å². The number of hydrogen-bond acceptors (Lipinski definition) is 5. The number of aromatic nitrogens is 3. The van der Waals surface area contributed by atoms with Crippen LogP contribution < -0.4 is 11.4 Å². The molecule has 0 aliphatic carbocycles. The number of nitrogens with zero attached hydrogens (tertiary/aromatic N) is 3. The largest absolute Gasteiger partial charge is 0.350 e. The van der Waals surface area contributed by atoms with Crippen LogP contribution in [0.15, 0.2) is 101 Å². The van der Waals surface area contributed by atoms with E-state index in [4.69, 9.17) is 5.73 Å². The maximum atomic E-state index is 12.8. The molecule has 0 atom stereocenters. The highest BCUT2D eigenvalue weighted by atomic mass is 35.5. The minimum absolute atomic E-state index is 0. The minimum Gasteiger partial charge on any atom is -0.327 e. The van der Waals surface area contributed by atoms with Crippen molar-refractivity contribution in [1.82, 2.24) is 14.3 Å². The number of sulfone groups is 1.